The lowest BCUT2D eigenvalue weighted by atomic mass is 9.86. The molecule has 0 radical (unpaired) electrons. The summed E-state index contributed by atoms with van der Waals surface area (Å²) < 4.78 is 0. The maximum Gasteiger partial charge on any atom is 0.223 e. The van der Waals surface area contributed by atoms with Gasteiger partial charge in [0, 0.05) is 16.6 Å². The number of aryl methyl sites for hydroxylation is 1. The van der Waals surface area contributed by atoms with Gasteiger partial charge in [-0.2, -0.15) is 5.10 Å². The van der Waals surface area contributed by atoms with Crippen LogP contribution in [0.25, 0.3) is 0 Å². The van der Waals surface area contributed by atoms with Crippen LogP contribution in [-0.2, 0) is 17.6 Å². The van der Waals surface area contributed by atoms with E-state index in [0.29, 0.717) is 5.92 Å². The molecule has 0 aliphatic heterocycles. The van der Waals surface area contributed by atoms with Gasteiger partial charge in [-0.05, 0) is 61.3 Å². The monoisotopic (exact) mass is 357 g/mol. The number of benzene rings is 1. The lowest BCUT2D eigenvalue weighted by Gasteiger charge is -2.29. The Hall–Kier alpha value is -1.81. The second-order valence-corrected chi connectivity index (χ2v) is 7.84. The highest BCUT2D eigenvalue weighted by molar-refractivity contribution is 6.30. The smallest absolute Gasteiger partial charge is 0.223 e. The predicted molar refractivity (Wildman–Crippen MR) is 98.4 cm³/mol. The molecule has 0 saturated heterocycles. The Bertz CT molecular complexity index is 751. The number of nitrogens with one attached hydrogen (secondary N) is 2. The fourth-order valence-electron chi connectivity index (χ4n) is 4.38. The molecule has 2 atom stereocenters. The number of rotatable bonds is 4. The molecule has 132 valence electrons. The van der Waals surface area contributed by atoms with Crippen molar-refractivity contribution in [3.05, 3.63) is 52.3 Å². The number of aromatic nitrogens is 2. The Balaban J connectivity index is 1.51. The van der Waals surface area contributed by atoms with E-state index in [1.165, 1.54) is 36.9 Å². The highest BCUT2D eigenvalue weighted by Gasteiger charge is 2.31. The van der Waals surface area contributed by atoms with Crippen molar-refractivity contribution in [3.8, 4) is 0 Å². The minimum Gasteiger partial charge on any atom is -0.349 e. The van der Waals surface area contributed by atoms with Crippen molar-refractivity contribution in [2.45, 2.75) is 51.0 Å². The number of carbonyl (C=O) groups is 1. The molecule has 0 bridgehead atoms. The number of hydrogen-bond donors (Lipinski definition) is 2. The van der Waals surface area contributed by atoms with Gasteiger partial charge in [-0.15, -0.1) is 0 Å². The highest BCUT2D eigenvalue weighted by atomic mass is 35.5. The number of halogens is 1. The largest absolute Gasteiger partial charge is 0.349 e. The summed E-state index contributed by atoms with van der Waals surface area (Å²) in [4.78, 5) is 13.0. The zero-order valence-corrected chi connectivity index (χ0v) is 15.1. The van der Waals surface area contributed by atoms with Gasteiger partial charge in [0.1, 0.15) is 0 Å². The summed E-state index contributed by atoms with van der Waals surface area (Å²) in [6.45, 7) is 0. The summed E-state index contributed by atoms with van der Waals surface area (Å²) in [7, 11) is 0. The van der Waals surface area contributed by atoms with Gasteiger partial charge in [0.25, 0.3) is 0 Å². The van der Waals surface area contributed by atoms with Crippen molar-refractivity contribution in [1.29, 1.82) is 0 Å². The number of amides is 1. The molecule has 4 nitrogen and oxygen atoms in total. The minimum atomic E-state index is 0.0354. The molecule has 2 aliphatic carbocycles. The van der Waals surface area contributed by atoms with Gasteiger partial charge >= 0.3 is 0 Å². The van der Waals surface area contributed by atoms with Crippen LogP contribution in [-0.4, -0.2) is 16.1 Å². The molecular formula is C20H24ClN3O. The van der Waals surface area contributed by atoms with Gasteiger partial charge in [-0.3, -0.25) is 9.89 Å². The minimum absolute atomic E-state index is 0.0354. The van der Waals surface area contributed by atoms with E-state index >= 15 is 0 Å². The zero-order chi connectivity index (χ0) is 17.2. The average Bonchev–Trinajstić information content (AvgIpc) is 3.30. The highest BCUT2D eigenvalue weighted by Crippen LogP contribution is 2.37. The molecule has 4 rings (SSSR count). The summed E-state index contributed by atoms with van der Waals surface area (Å²) in [5.41, 5.74) is 3.50. The van der Waals surface area contributed by atoms with E-state index in [1.807, 2.05) is 24.4 Å². The number of fused-ring (bicyclic) bond motifs is 1. The maximum atomic E-state index is 13.0. The van der Waals surface area contributed by atoms with Crippen LogP contribution in [0.1, 0.15) is 55.0 Å². The average molecular weight is 358 g/mol. The predicted octanol–water partition coefficient (Wildman–Crippen LogP) is 4.22. The number of aromatic amines is 1. The van der Waals surface area contributed by atoms with Crippen LogP contribution in [0.2, 0.25) is 5.02 Å². The van der Waals surface area contributed by atoms with Crippen LogP contribution >= 0.6 is 11.6 Å². The quantitative estimate of drug-likeness (QED) is 0.860. The van der Waals surface area contributed by atoms with E-state index in [9.17, 15) is 4.79 Å². The van der Waals surface area contributed by atoms with E-state index in [4.69, 9.17) is 11.6 Å². The first kappa shape index (κ1) is 16.6. The Morgan fingerprint density at radius 2 is 2.12 bits per heavy atom. The first-order chi connectivity index (χ1) is 12.2. The zero-order valence-electron chi connectivity index (χ0n) is 14.3. The second-order valence-electron chi connectivity index (χ2n) is 7.40. The molecule has 1 amide bonds. The van der Waals surface area contributed by atoms with Gasteiger partial charge in [0.05, 0.1) is 12.2 Å². The molecule has 2 aromatic rings. The molecule has 1 unspecified atom stereocenters. The third kappa shape index (κ3) is 3.59. The van der Waals surface area contributed by atoms with Crippen LogP contribution in [0.15, 0.2) is 30.5 Å². The van der Waals surface area contributed by atoms with Crippen LogP contribution < -0.4 is 5.32 Å². The Labute approximate surface area is 153 Å². The number of H-pyrrole nitrogens is 1. The maximum absolute atomic E-state index is 13.0. The fraction of sp³-hybridized carbons (Fsp3) is 0.500. The van der Waals surface area contributed by atoms with Gasteiger partial charge in [-0.25, -0.2) is 0 Å². The van der Waals surface area contributed by atoms with E-state index in [0.717, 1.165) is 29.8 Å². The molecule has 2 aliphatic rings. The lowest BCUT2D eigenvalue weighted by Crippen LogP contribution is -2.38. The van der Waals surface area contributed by atoms with Crippen molar-refractivity contribution >= 4 is 17.5 Å². The van der Waals surface area contributed by atoms with Gasteiger partial charge in [0.15, 0.2) is 0 Å². The van der Waals surface area contributed by atoms with Crippen molar-refractivity contribution < 1.29 is 4.79 Å². The molecule has 0 spiro atoms. The lowest BCUT2D eigenvalue weighted by molar-refractivity contribution is -0.126. The molecule has 1 fully saturated rings. The van der Waals surface area contributed by atoms with Crippen LogP contribution in [0.4, 0.5) is 0 Å². The Morgan fingerprint density at radius 3 is 2.92 bits per heavy atom. The normalized spacial score (nSPS) is 21.7. The van der Waals surface area contributed by atoms with Crippen molar-refractivity contribution in [3.63, 3.8) is 0 Å². The molecule has 2 N–H and O–H groups in total. The number of carbonyl (C=O) groups excluding carboxylic acids is 1. The molecular weight excluding hydrogens is 334 g/mol. The van der Waals surface area contributed by atoms with Crippen LogP contribution in [0.3, 0.4) is 0 Å². The van der Waals surface area contributed by atoms with Gasteiger partial charge < -0.3 is 5.32 Å². The van der Waals surface area contributed by atoms with Crippen LogP contribution in [0.5, 0.6) is 0 Å². The standard InChI is InChI=1S/C20H24ClN3O/c21-17-7-3-6-14(11-17)19(13-4-1-2-5-13)23-20(25)15-8-9-18-16(10-15)12-22-24-18/h3,6-7,11-13,15,19H,1-2,4-5,8-10H2,(H,22,24)(H,23,25)/t15?,19-/m0/s1. The van der Waals surface area contributed by atoms with Crippen molar-refractivity contribution in [2.75, 3.05) is 0 Å². The summed E-state index contributed by atoms with van der Waals surface area (Å²) in [5.74, 6) is 0.715. The summed E-state index contributed by atoms with van der Waals surface area (Å²) >= 11 is 6.20. The van der Waals surface area contributed by atoms with E-state index < -0.39 is 0 Å². The summed E-state index contributed by atoms with van der Waals surface area (Å²) in [5, 5.41) is 11.2. The van der Waals surface area contributed by atoms with Crippen molar-refractivity contribution in [2.24, 2.45) is 11.8 Å². The fourth-order valence-corrected chi connectivity index (χ4v) is 4.57. The number of hydrogen-bond acceptors (Lipinski definition) is 2. The van der Waals surface area contributed by atoms with Crippen LogP contribution in [0, 0.1) is 11.8 Å². The molecule has 1 aromatic heterocycles. The Morgan fingerprint density at radius 1 is 1.28 bits per heavy atom. The summed E-state index contributed by atoms with van der Waals surface area (Å²) in [6, 6.07) is 8.02. The number of nitrogens with zero attached hydrogens (tertiary/aromatic N) is 1. The van der Waals surface area contributed by atoms with E-state index in [-0.39, 0.29) is 17.9 Å². The van der Waals surface area contributed by atoms with Crippen molar-refractivity contribution in [1.82, 2.24) is 15.5 Å². The first-order valence-electron chi connectivity index (χ1n) is 9.27. The van der Waals surface area contributed by atoms with E-state index in [2.05, 4.69) is 21.6 Å². The molecule has 5 heteroatoms. The van der Waals surface area contributed by atoms with Gasteiger partial charge in [-0.1, -0.05) is 36.6 Å². The second kappa shape index (κ2) is 7.20. The SMILES string of the molecule is O=C(N[C@H](c1cccc(Cl)c1)C1CCCC1)C1CCc2[nH]ncc2C1. The molecule has 25 heavy (non-hydrogen) atoms. The molecule has 1 heterocycles. The molecule has 1 saturated carbocycles. The Kier molecular flexibility index (Phi) is 4.80. The molecule has 1 aromatic carbocycles. The summed E-state index contributed by atoms with van der Waals surface area (Å²) in [6.07, 6.45) is 9.28. The third-order valence-corrected chi connectivity index (χ3v) is 6.00. The topological polar surface area (TPSA) is 57.8 Å². The van der Waals surface area contributed by atoms with E-state index in [1.54, 1.807) is 0 Å². The first-order valence-corrected chi connectivity index (χ1v) is 9.65. The van der Waals surface area contributed by atoms with Gasteiger partial charge in [0.2, 0.25) is 5.91 Å². The third-order valence-electron chi connectivity index (χ3n) is 5.76.